The number of rotatable bonds is 9. The van der Waals surface area contributed by atoms with Crippen LogP contribution >= 0.6 is 0 Å². The van der Waals surface area contributed by atoms with E-state index in [9.17, 15) is 18.0 Å². The lowest BCUT2D eigenvalue weighted by Gasteiger charge is -2.32. The summed E-state index contributed by atoms with van der Waals surface area (Å²) in [6.07, 6.45) is 3.15. The number of primary amides is 1. The van der Waals surface area contributed by atoms with Crippen LogP contribution in [0.1, 0.15) is 37.0 Å². The average molecular weight is 490 g/mol. The van der Waals surface area contributed by atoms with Gasteiger partial charge in [-0.25, -0.2) is 13.4 Å². The van der Waals surface area contributed by atoms with Crippen molar-refractivity contribution in [2.24, 2.45) is 11.7 Å². The Kier molecular flexibility index (Phi) is 8.11. The molecule has 1 aliphatic rings. The van der Waals surface area contributed by atoms with Crippen LogP contribution in [0.2, 0.25) is 0 Å². The number of hydrogen-bond donors (Lipinski definition) is 2. The predicted octanol–water partition coefficient (Wildman–Crippen LogP) is 2.07. The van der Waals surface area contributed by atoms with Crippen molar-refractivity contribution in [3.8, 4) is 5.75 Å². The van der Waals surface area contributed by atoms with Gasteiger partial charge in [0.1, 0.15) is 16.5 Å². The van der Waals surface area contributed by atoms with Gasteiger partial charge in [0.25, 0.3) is 5.91 Å². The molecule has 1 atom stereocenters. The maximum absolute atomic E-state index is 13.0. The van der Waals surface area contributed by atoms with Gasteiger partial charge in [0.2, 0.25) is 15.9 Å². The number of nitrogens with two attached hydrogens (primary N) is 1. The van der Waals surface area contributed by atoms with E-state index < -0.39 is 15.9 Å². The number of methoxy groups -OCH3 is 1. The molecule has 0 aliphatic carbocycles. The van der Waals surface area contributed by atoms with Crippen molar-refractivity contribution in [2.45, 2.75) is 31.6 Å². The second-order valence-electron chi connectivity index (χ2n) is 8.00. The highest BCUT2D eigenvalue weighted by Gasteiger charge is 2.27. The summed E-state index contributed by atoms with van der Waals surface area (Å²) in [6, 6.07) is 7.78. The third-order valence-electron chi connectivity index (χ3n) is 5.90. The molecule has 2 amide bonds. The van der Waals surface area contributed by atoms with Crippen molar-refractivity contribution >= 4 is 33.3 Å². The fourth-order valence-corrected chi connectivity index (χ4v) is 5.63. The Hall–Kier alpha value is -3.18. The fourth-order valence-electron chi connectivity index (χ4n) is 3.99. The van der Waals surface area contributed by atoms with Crippen molar-refractivity contribution in [1.82, 2.24) is 9.29 Å². The topological polar surface area (TPSA) is 135 Å². The average Bonchev–Trinajstić information content (AvgIpc) is 2.84. The number of piperidine rings is 1. The molecule has 11 heteroatoms. The van der Waals surface area contributed by atoms with Crippen LogP contribution in [0.3, 0.4) is 0 Å². The normalized spacial score (nSPS) is 16.4. The lowest BCUT2D eigenvalue weighted by molar-refractivity contribution is -0.122. The van der Waals surface area contributed by atoms with Gasteiger partial charge in [0.05, 0.1) is 24.9 Å². The van der Waals surface area contributed by atoms with E-state index in [4.69, 9.17) is 10.5 Å². The Morgan fingerprint density at radius 1 is 1.24 bits per heavy atom. The molecule has 1 fully saturated rings. The summed E-state index contributed by atoms with van der Waals surface area (Å²) in [5.41, 5.74) is 6.08. The summed E-state index contributed by atoms with van der Waals surface area (Å²) in [5.74, 6) is -0.117. The molecule has 0 spiro atoms. The molecule has 3 N–H and O–H groups in total. The number of hydrogen-bond acceptors (Lipinski definition) is 7. The number of carbonyl (C=O) groups excluding carboxylic acids is 2. The quantitative estimate of drug-likeness (QED) is 0.550. The zero-order valence-electron chi connectivity index (χ0n) is 19.7. The van der Waals surface area contributed by atoms with Crippen molar-refractivity contribution < 1.29 is 22.7 Å². The molecule has 34 heavy (non-hydrogen) atoms. The number of amides is 2. The number of sulfonamides is 1. The number of pyridine rings is 1. The molecule has 0 radical (unpaired) electrons. The van der Waals surface area contributed by atoms with E-state index in [-0.39, 0.29) is 28.0 Å². The third kappa shape index (κ3) is 5.48. The first kappa shape index (κ1) is 25.4. The summed E-state index contributed by atoms with van der Waals surface area (Å²) in [4.78, 5) is 30.7. The van der Waals surface area contributed by atoms with E-state index in [2.05, 4.69) is 10.3 Å². The molecule has 1 unspecified atom stereocenters. The molecule has 10 nitrogen and oxygen atoms in total. The standard InChI is InChI=1S/C23H31N5O5S/c1-4-28(5-2)34(31,32)20-13-16(8-10-19(20)33-3)23(30)26-18-9-11-21(25-14-18)27-12-6-7-17(15-27)22(24)29/h8-11,13-14,17H,4-7,12,15H2,1-3H3,(H2,24,29)(H,26,30). The molecule has 2 heterocycles. The number of anilines is 2. The van der Waals surface area contributed by atoms with Gasteiger partial charge in [-0.1, -0.05) is 13.8 Å². The van der Waals surface area contributed by atoms with Gasteiger partial charge in [-0.3, -0.25) is 9.59 Å². The van der Waals surface area contributed by atoms with Gasteiger partial charge < -0.3 is 20.7 Å². The van der Waals surface area contributed by atoms with Crippen molar-refractivity contribution in [3.05, 3.63) is 42.1 Å². The van der Waals surface area contributed by atoms with E-state index in [0.717, 1.165) is 19.4 Å². The Morgan fingerprint density at radius 2 is 1.97 bits per heavy atom. The Labute approximate surface area is 200 Å². The van der Waals surface area contributed by atoms with Crippen molar-refractivity contribution in [2.75, 3.05) is 43.5 Å². The molecule has 0 bridgehead atoms. The van der Waals surface area contributed by atoms with E-state index in [1.54, 1.807) is 26.0 Å². The lowest BCUT2D eigenvalue weighted by Crippen LogP contribution is -2.41. The van der Waals surface area contributed by atoms with Crippen LogP contribution in [0.5, 0.6) is 5.75 Å². The monoisotopic (exact) mass is 489 g/mol. The molecule has 3 rings (SSSR count). The molecule has 1 saturated heterocycles. The van der Waals surface area contributed by atoms with Crippen LogP contribution in [-0.4, -0.2) is 62.8 Å². The first-order valence-electron chi connectivity index (χ1n) is 11.2. The molecular formula is C23H31N5O5S. The predicted molar refractivity (Wildman–Crippen MR) is 129 cm³/mol. The van der Waals surface area contributed by atoms with Crippen LogP contribution in [0, 0.1) is 5.92 Å². The van der Waals surface area contributed by atoms with Crippen LogP contribution in [-0.2, 0) is 14.8 Å². The minimum absolute atomic E-state index is 0.0612. The Balaban J connectivity index is 1.77. The van der Waals surface area contributed by atoms with Gasteiger partial charge in [-0.05, 0) is 43.2 Å². The maximum Gasteiger partial charge on any atom is 0.255 e. The number of ether oxygens (including phenoxy) is 1. The molecule has 1 aromatic carbocycles. The summed E-state index contributed by atoms with van der Waals surface area (Å²) in [6.45, 7) is 5.39. The highest BCUT2D eigenvalue weighted by atomic mass is 32.2. The largest absolute Gasteiger partial charge is 0.495 e. The van der Waals surface area contributed by atoms with Crippen LogP contribution in [0.25, 0.3) is 0 Å². The van der Waals surface area contributed by atoms with E-state index >= 15 is 0 Å². The first-order chi connectivity index (χ1) is 16.2. The van der Waals surface area contributed by atoms with Crippen LogP contribution in [0.15, 0.2) is 41.4 Å². The van der Waals surface area contributed by atoms with Gasteiger partial charge in [0.15, 0.2) is 0 Å². The van der Waals surface area contributed by atoms with E-state index in [0.29, 0.717) is 31.1 Å². The highest BCUT2D eigenvalue weighted by molar-refractivity contribution is 7.89. The Morgan fingerprint density at radius 3 is 2.56 bits per heavy atom. The summed E-state index contributed by atoms with van der Waals surface area (Å²) in [5, 5.41) is 2.75. The number of nitrogens with zero attached hydrogens (tertiary/aromatic N) is 3. The number of nitrogens with one attached hydrogen (secondary N) is 1. The van der Waals surface area contributed by atoms with E-state index in [1.807, 2.05) is 4.90 Å². The number of benzene rings is 1. The molecular weight excluding hydrogens is 458 g/mol. The van der Waals surface area contributed by atoms with Gasteiger partial charge in [-0.15, -0.1) is 0 Å². The van der Waals surface area contributed by atoms with E-state index in [1.165, 1.54) is 35.8 Å². The number of carbonyl (C=O) groups is 2. The molecule has 1 aliphatic heterocycles. The van der Waals surface area contributed by atoms with Crippen LogP contribution in [0.4, 0.5) is 11.5 Å². The lowest BCUT2D eigenvalue weighted by atomic mass is 9.97. The Bertz CT molecular complexity index is 1130. The smallest absolute Gasteiger partial charge is 0.255 e. The van der Waals surface area contributed by atoms with Gasteiger partial charge in [0, 0.05) is 31.7 Å². The summed E-state index contributed by atoms with van der Waals surface area (Å²) >= 11 is 0. The first-order valence-corrected chi connectivity index (χ1v) is 12.6. The third-order valence-corrected chi connectivity index (χ3v) is 7.97. The fraction of sp³-hybridized carbons (Fsp3) is 0.435. The number of aromatic nitrogens is 1. The summed E-state index contributed by atoms with van der Waals surface area (Å²) < 4.78 is 32.6. The van der Waals surface area contributed by atoms with Gasteiger partial charge >= 0.3 is 0 Å². The zero-order chi connectivity index (χ0) is 24.9. The SMILES string of the molecule is CCN(CC)S(=O)(=O)c1cc(C(=O)Nc2ccc(N3CCCC(C(N)=O)C3)nc2)ccc1OC. The van der Waals surface area contributed by atoms with Crippen molar-refractivity contribution in [1.29, 1.82) is 0 Å². The molecule has 0 saturated carbocycles. The summed E-state index contributed by atoms with van der Waals surface area (Å²) in [7, 11) is -2.44. The van der Waals surface area contributed by atoms with Crippen LogP contribution < -0.4 is 20.7 Å². The van der Waals surface area contributed by atoms with Crippen molar-refractivity contribution in [3.63, 3.8) is 0 Å². The molecule has 1 aromatic heterocycles. The second kappa shape index (κ2) is 10.8. The zero-order valence-corrected chi connectivity index (χ0v) is 20.5. The maximum atomic E-state index is 13.0. The highest BCUT2D eigenvalue weighted by Crippen LogP contribution is 2.28. The molecule has 184 valence electrons. The minimum atomic E-state index is -3.82. The van der Waals surface area contributed by atoms with Gasteiger partial charge in [-0.2, -0.15) is 4.31 Å². The minimum Gasteiger partial charge on any atom is -0.495 e. The second-order valence-corrected chi connectivity index (χ2v) is 9.91. The molecule has 2 aromatic rings.